The molecule has 2 fully saturated rings. The van der Waals surface area contributed by atoms with E-state index in [0.29, 0.717) is 22.0 Å². The van der Waals surface area contributed by atoms with Gasteiger partial charge in [0.15, 0.2) is 0 Å². The van der Waals surface area contributed by atoms with Crippen LogP contribution in [0.4, 0.5) is 5.69 Å². The standard InChI is InChI=1S/C24H28ClN3O4.C2H2O4/c1-31-18-5-3-4-15(10-18)13-28-9-8-17(14-28)26-24(30)19-11-20(25)21(12-22(19)32-2)27-23(29)16-6-7-16;3-1(4)2(5)6/h3-5,10-12,16-17H,6-9,13-14H2,1-2H3,(H,26,30)(H,27,29);(H,3,4)(H,5,6)/t17-;/m1./s1. The molecule has 1 saturated heterocycles. The lowest BCUT2D eigenvalue weighted by atomic mass is 10.1. The Morgan fingerprint density at radius 3 is 2.34 bits per heavy atom. The smallest absolute Gasteiger partial charge is 0.414 e. The van der Waals surface area contributed by atoms with E-state index in [1.807, 2.05) is 18.2 Å². The highest BCUT2D eigenvalue weighted by Gasteiger charge is 2.31. The molecule has 1 aliphatic carbocycles. The van der Waals surface area contributed by atoms with Crippen LogP contribution in [0.25, 0.3) is 0 Å². The number of amides is 2. The van der Waals surface area contributed by atoms with Crippen LogP contribution in [0.5, 0.6) is 11.5 Å². The molecule has 38 heavy (non-hydrogen) atoms. The third-order valence-corrected chi connectivity index (χ3v) is 6.38. The molecule has 4 rings (SSSR count). The van der Waals surface area contributed by atoms with Crippen molar-refractivity contribution in [1.82, 2.24) is 10.2 Å². The molecule has 0 spiro atoms. The van der Waals surface area contributed by atoms with Gasteiger partial charge < -0.3 is 30.3 Å². The van der Waals surface area contributed by atoms with Gasteiger partial charge in [-0.15, -0.1) is 0 Å². The third-order valence-electron chi connectivity index (χ3n) is 6.07. The molecular formula is C26H30ClN3O8. The molecule has 4 N–H and O–H groups in total. The average molecular weight is 548 g/mol. The number of rotatable bonds is 8. The van der Waals surface area contributed by atoms with Crippen molar-refractivity contribution in [3.05, 3.63) is 52.5 Å². The number of ether oxygens (including phenoxy) is 2. The lowest BCUT2D eigenvalue weighted by molar-refractivity contribution is -0.159. The maximum absolute atomic E-state index is 13.0. The Bertz CT molecular complexity index is 1190. The molecule has 2 aromatic carbocycles. The van der Waals surface area contributed by atoms with Gasteiger partial charge >= 0.3 is 11.9 Å². The Morgan fingerprint density at radius 2 is 1.74 bits per heavy atom. The molecule has 12 heteroatoms. The van der Waals surface area contributed by atoms with E-state index in [4.69, 9.17) is 40.9 Å². The number of halogens is 1. The Balaban J connectivity index is 0.000000599. The van der Waals surface area contributed by atoms with E-state index >= 15 is 0 Å². The molecular weight excluding hydrogens is 518 g/mol. The Labute approximate surface area is 224 Å². The molecule has 1 saturated carbocycles. The third kappa shape index (κ3) is 8.09. The lowest BCUT2D eigenvalue weighted by Crippen LogP contribution is -2.37. The number of anilines is 1. The molecule has 11 nitrogen and oxygen atoms in total. The van der Waals surface area contributed by atoms with Crippen LogP contribution in [0.1, 0.15) is 35.2 Å². The van der Waals surface area contributed by atoms with Gasteiger partial charge in [0.2, 0.25) is 5.91 Å². The fourth-order valence-corrected chi connectivity index (χ4v) is 4.17. The molecule has 1 aliphatic heterocycles. The number of benzene rings is 2. The fourth-order valence-electron chi connectivity index (χ4n) is 3.96. The molecule has 0 aromatic heterocycles. The molecule has 1 atom stereocenters. The number of carboxylic acids is 2. The summed E-state index contributed by atoms with van der Waals surface area (Å²) in [6.45, 7) is 2.45. The fraction of sp³-hybridized carbons (Fsp3) is 0.385. The average Bonchev–Trinajstić information content (AvgIpc) is 3.66. The van der Waals surface area contributed by atoms with Crippen molar-refractivity contribution in [2.45, 2.75) is 31.8 Å². The SMILES string of the molecule is COc1cccc(CN2CC[C@@H](NC(=O)c3cc(Cl)c(NC(=O)C4CC4)cc3OC)C2)c1.O=C(O)C(=O)O. The van der Waals surface area contributed by atoms with Gasteiger partial charge in [-0.3, -0.25) is 14.5 Å². The summed E-state index contributed by atoms with van der Waals surface area (Å²) in [6, 6.07) is 11.2. The lowest BCUT2D eigenvalue weighted by Gasteiger charge is -2.18. The zero-order valence-electron chi connectivity index (χ0n) is 21.0. The summed E-state index contributed by atoms with van der Waals surface area (Å²) in [7, 11) is 3.16. The van der Waals surface area contributed by atoms with E-state index in [1.165, 1.54) is 12.7 Å². The zero-order valence-corrected chi connectivity index (χ0v) is 21.8. The number of carbonyl (C=O) groups is 4. The quantitative estimate of drug-likeness (QED) is 0.365. The highest BCUT2D eigenvalue weighted by atomic mass is 35.5. The summed E-state index contributed by atoms with van der Waals surface area (Å²) >= 11 is 6.36. The van der Waals surface area contributed by atoms with Crippen molar-refractivity contribution >= 4 is 41.0 Å². The van der Waals surface area contributed by atoms with Gasteiger partial charge in [-0.05, 0) is 43.0 Å². The van der Waals surface area contributed by atoms with Crippen LogP contribution in [0.15, 0.2) is 36.4 Å². The monoisotopic (exact) mass is 547 g/mol. The van der Waals surface area contributed by atoms with Crippen molar-refractivity contribution in [3.8, 4) is 11.5 Å². The van der Waals surface area contributed by atoms with Crippen molar-refractivity contribution in [2.24, 2.45) is 5.92 Å². The van der Waals surface area contributed by atoms with Gasteiger partial charge in [-0.25, -0.2) is 9.59 Å². The van der Waals surface area contributed by atoms with E-state index < -0.39 is 11.9 Å². The zero-order chi connectivity index (χ0) is 27.8. The van der Waals surface area contributed by atoms with Crippen LogP contribution in [0.2, 0.25) is 5.02 Å². The highest BCUT2D eigenvalue weighted by molar-refractivity contribution is 6.34. The van der Waals surface area contributed by atoms with Gasteiger partial charge in [-0.2, -0.15) is 0 Å². The van der Waals surface area contributed by atoms with E-state index in [2.05, 4.69) is 21.6 Å². The second-order valence-electron chi connectivity index (χ2n) is 8.95. The first kappa shape index (κ1) is 28.7. The van der Waals surface area contributed by atoms with Gasteiger partial charge in [0.1, 0.15) is 11.5 Å². The number of nitrogens with zero attached hydrogens (tertiary/aromatic N) is 1. The number of hydrogen-bond donors (Lipinski definition) is 4. The van der Waals surface area contributed by atoms with Crippen molar-refractivity contribution in [3.63, 3.8) is 0 Å². The van der Waals surface area contributed by atoms with Crippen LogP contribution >= 0.6 is 11.6 Å². The van der Waals surface area contributed by atoms with Crippen LogP contribution < -0.4 is 20.1 Å². The minimum Gasteiger partial charge on any atom is -0.497 e. The van der Waals surface area contributed by atoms with Gasteiger partial charge in [0, 0.05) is 37.7 Å². The minimum atomic E-state index is -1.82. The van der Waals surface area contributed by atoms with E-state index in [9.17, 15) is 9.59 Å². The Morgan fingerprint density at radius 1 is 1.03 bits per heavy atom. The summed E-state index contributed by atoms with van der Waals surface area (Å²) in [6.07, 6.45) is 2.66. The summed E-state index contributed by atoms with van der Waals surface area (Å²) < 4.78 is 10.7. The molecule has 0 radical (unpaired) electrons. The molecule has 2 aromatic rings. The van der Waals surface area contributed by atoms with Crippen LogP contribution in [-0.4, -0.2) is 72.2 Å². The van der Waals surface area contributed by atoms with Crippen LogP contribution in [0, 0.1) is 5.92 Å². The number of carbonyl (C=O) groups excluding carboxylic acids is 2. The van der Waals surface area contributed by atoms with Gasteiger partial charge in [0.05, 0.1) is 30.5 Å². The largest absolute Gasteiger partial charge is 0.497 e. The molecule has 0 unspecified atom stereocenters. The van der Waals surface area contributed by atoms with Crippen molar-refractivity contribution in [2.75, 3.05) is 32.6 Å². The number of likely N-dealkylation sites (tertiary alicyclic amines) is 1. The first-order valence-electron chi connectivity index (χ1n) is 11.9. The number of methoxy groups -OCH3 is 2. The summed E-state index contributed by atoms with van der Waals surface area (Å²) in [5.41, 5.74) is 1.99. The second-order valence-corrected chi connectivity index (χ2v) is 9.36. The predicted octanol–water partition coefficient (Wildman–Crippen LogP) is 2.87. The summed E-state index contributed by atoms with van der Waals surface area (Å²) in [5.74, 6) is -2.66. The Hall–Kier alpha value is -3.83. The minimum absolute atomic E-state index is 0.0332. The second kappa shape index (κ2) is 13.1. The first-order valence-corrected chi connectivity index (χ1v) is 12.3. The molecule has 204 valence electrons. The number of aliphatic carboxylic acids is 2. The Kier molecular flexibility index (Phi) is 9.91. The molecule has 2 amide bonds. The molecule has 2 aliphatic rings. The van der Waals surface area contributed by atoms with Crippen LogP contribution in [0.3, 0.4) is 0 Å². The van der Waals surface area contributed by atoms with Gasteiger partial charge in [0.25, 0.3) is 5.91 Å². The number of hydrogen-bond acceptors (Lipinski definition) is 7. The van der Waals surface area contributed by atoms with Gasteiger partial charge in [-0.1, -0.05) is 23.7 Å². The molecule has 1 heterocycles. The first-order chi connectivity index (χ1) is 18.1. The molecule has 0 bridgehead atoms. The van der Waals surface area contributed by atoms with E-state index in [1.54, 1.807) is 19.2 Å². The predicted molar refractivity (Wildman–Crippen MR) is 139 cm³/mol. The van der Waals surface area contributed by atoms with Crippen molar-refractivity contribution in [1.29, 1.82) is 0 Å². The normalized spacial score (nSPS) is 16.6. The van der Waals surface area contributed by atoms with Crippen LogP contribution in [-0.2, 0) is 20.9 Å². The number of carboxylic acid groups (broad SMARTS) is 2. The maximum Gasteiger partial charge on any atom is 0.414 e. The van der Waals surface area contributed by atoms with E-state index in [0.717, 1.165) is 44.6 Å². The van der Waals surface area contributed by atoms with E-state index in [-0.39, 0.29) is 23.8 Å². The van der Waals surface area contributed by atoms with Crippen molar-refractivity contribution < 1.29 is 38.9 Å². The maximum atomic E-state index is 13.0. The number of nitrogens with one attached hydrogen (secondary N) is 2. The summed E-state index contributed by atoms with van der Waals surface area (Å²) in [5, 5.41) is 21.0. The topological polar surface area (TPSA) is 154 Å². The summed E-state index contributed by atoms with van der Waals surface area (Å²) in [4.78, 5) is 45.5. The highest BCUT2D eigenvalue weighted by Crippen LogP contribution is 2.34.